The number of methoxy groups -OCH3 is 1. The standard InChI is InChI=1S/C12H15BrN2O/c1-8(2)15-12(7-13)10-5-4-9(16-3)6-11(10)14-15/h4-6,8H,7H2,1-3H3. The van der Waals surface area contributed by atoms with E-state index >= 15 is 0 Å². The van der Waals surface area contributed by atoms with Crippen LogP contribution in [0.25, 0.3) is 10.9 Å². The summed E-state index contributed by atoms with van der Waals surface area (Å²) < 4.78 is 7.26. The summed E-state index contributed by atoms with van der Waals surface area (Å²) in [7, 11) is 1.67. The molecule has 0 N–H and O–H groups in total. The smallest absolute Gasteiger partial charge is 0.121 e. The van der Waals surface area contributed by atoms with E-state index in [1.807, 2.05) is 12.1 Å². The number of halogens is 1. The molecule has 0 aliphatic rings. The Morgan fingerprint density at radius 1 is 1.44 bits per heavy atom. The normalized spacial score (nSPS) is 11.3. The topological polar surface area (TPSA) is 27.1 Å². The van der Waals surface area contributed by atoms with E-state index in [4.69, 9.17) is 4.74 Å². The molecule has 4 heteroatoms. The SMILES string of the molecule is COc1ccc2c(CBr)n(C(C)C)nc2c1. The summed E-state index contributed by atoms with van der Waals surface area (Å²) in [5.41, 5.74) is 2.20. The Kier molecular flexibility index (Phi) is 3.19. The zero-order valence-electron chi connectivity index (χ0n) is 9.70. The van der Waals surface area contributed by atoms with Gasteiger partial charge in [0.25, 0.3) is 0 Å². The highest BCUT2D eigenvalue weighted by molar-refractivity contribution is 9.08. The van der Waals surface area contributed by atoms with Gasteiger partial charge in [-0.25, -0.2) is 0 Å². The molecule has 0 aliphatic carbocycles. The zero-order valence-corrected chi connectivity index (χ0v) is 11.3. The molecule has 0 amide bonds. The number of benzene rings is 1. The van der Waals surface area contributed by atoms with Gasteiger partial charge in [-0.1, -0.05) is 15.9 Å². The third-order valence-electron chi connectivity index (χ3n) is 2.62. The molecule has 0 bridgehead atoms. The Bertz CT molecular complexity index is 505. The van der Waals surface area contributed by atoms with Crippen molar-refractivity contribution in [3.63, 3.8) is 0 Å². The van der Waals surface area contributed by atoms with Crippen molar-refractivity contribution in [3.8, 4) is 5.75 Å². The van der Waals surface area contributed by atoms with E-state index in [0.717, 1.165) is 16.6 Å². The van der Waals surface area contributed by atoms with Crippen LogP contribution in [-0.4, -0.2) is 16.9 Å². The molecule has 0 atom stereocenters. The maximum atomic E-state index is 5.20. The van der Waals surface area contributed by atoms with Gasteiger partial charge in [0.05, 0.1) is 18.3 Å². The molecule has 2 aromatic rings. The van der Waals surface area contributed by atoms with E-state index in [1.54, 1.807) is 7.11 Å². The lowest BCUT2D eigenvalue weighted by Crippen LogP contribution is -2.05. The highest BCUT2D eigenvalue weighted by Crippen LogP contribution is 2.26. The maximum absolute atomic E-state index is 5.20. The van der Waals surface area contributed by atoms with Crippen LogP contribution in [0.15, 0.2) is 18.2 Å². The third-order valence-corrected chi connectivity index (χ3v) is 3.15. The van der Waals surface area contributed by atoms with Crippen molar-refractivity contribution in [2.24, 2.45) is 0 Å². The van der Waals surface area contributed by atoms with Crippen molar-refractivity contribution in [1.82, 2.24) is 9.78 Å². The second-order valence-corrected chi connectivity index (χ2v) is 4.56. The molecule has 1 aromatic carbocycles. The van der Waals surface area contributed by atoms with E-state index in [2.05, 4.69) is 45.6 Å². The molecule has 3 nitrogen and oxygen atoms in total. The largest absolute Gasteiger partial charge is 0.497 e. The minimum absolute atomic E-state index is 0.367. The molecule has 0 unspecified atom stereocenters. The van der Waals surface area contributed by atoms with Gasteiger partial charge in [-0.3, -0.25) is 4.68 Å². The van der Waals surface area contributed by atoms with Crippen LogP contribution in [-0.2, 0) is 5.33 Å². The molecule has 0 aliphatic heterocycles. The summed E-state index contributed by atoms with van der Waals surface area (Å²) in [6, 6.07) is 6.38. The molecule has 0 saturated carbocycles. The number of ether oxygens (including phenoxy) is 1. The molecule has 0 spiro atoms. The molecule has 0 radical (unpaired) electrons. The van der Waals surface area contributed by atoms with Crippen LogP contribution >= 0.6 is 15.9 Å². The van der Waals surface area contributed by atoms with Crippen molar-refractivity contribution in [2.45, 2.75) is 25.2 Å². The van der Waals surface area contributed by atoms with Gasteiger partial charge in [-0.2, -0.15) is 5.10 Å². The Morgan fingerprint density at radius 2 is 2.19 bits per heavy atom. The lowest BCUT2D eigenvalue weighted by Gasteiger charge is -2.08. The fourth-order valence-electron chi connectivity index (χ4n) is 1.83. The molecular weight excluding hydrogens is 268 g/mol. The van der Waals surface area contributed by atoms with Crippen LogP contribution in [0.1, 0.15) is 25.6 Å². The maximum Gasteiger partial charge on any atom is 0.121 e. The van der Waals surface area contributed by atoms with E-state index in [0.29, 0.717) is 6.04 Å². The van der Waals surface area contributed by atoms with Gasteiger partial charge < -0.3 is 4.74 Å². The Hall–Kier alpha value is -1.03. The van der Waals surface area contributed by atoms with Gasteiger partial charge in [0.15, 0.2) is 0 Å². The van der Waals surface area contributed by atoms with Crippen molar-refractivity contribution in [2.75, 3.05) is 7.11 Å². The molecule has 16 heavy (non-hydrogen) atoms. The lowest BCUT2D eigenvalue weighted by molar-refractivity contribution is 0.415. The first-order valence-electron chi connectivity index (χ1n) is 5.28. The van der Waals surface area contributed by atoms with Gasteiger partial charge >= 0.3 is 0 Å². The van der Waals surface area contributed by atoms with Crippen molar-refractivity contribution >= 4 is 26.8 Å². The first kappa shape index (κ1) is 11.5. The average Bonchev–Trinajstić information content (AvgIpc) is 2.66. The van der Waals surface area contributed by atoms with E-state index in [9.17, 15) is 0 Å². The molecule has 1 heterocycles. The molecular formula is C12H15BrN2O. The number of nitrogens with zero attached hydrogens (tertiary/aromatic N) is 2. The number of fused-ring (bicyclic) bond motifs is 1. The van der Waals surface area contributed by atoms with E-state index in [-0.39, 0.29) is 0 Å². The quantitative estimate of drug-likeness (QED) is 0.806. The summed E-state index contributed by atoms with van der Waals surface area (Å²) >= 11 is 3.52. The van der Waals surface area contributed by atoms with E-state index in [1.165, 1.54) is 11.1 Å². The van der Waals surface area contributed by atoms with Crippen LogP contribution in [0, 0.1) is 0 Å². The third kappa shape index (κ3) is 1.82. The summed E-state index contributed by atoms with van der Waals surface area (Å²) in [4.78, 5) is 0. The number of hydrogen-bond acceptors (Lipinski definition) is 2. The zero-order chi connectivity index (χ0) is 11.7. The molecule has 2 rings (SSSR count). The summed E-state index contributed by atoms with van der Waals surface area (Å²) in [5.74, 6) is 0.849. The number of aromatic nitrogens is 2. The minimum atomic E-state index is 0.367. The minimum Gasteiger partial charge on any atom is -0.497 e. The van der Waals surface area contributed by atoms with Crippen molar-refractivity contribution < 1.29 is 4.74 Å². The van der Waals surface area contributed by atoms with Crippen LogP contribution in [0.5, 0.6) is 5.75 Å². The Morgan fingerprint density at radius 3 is 2.75 bits per heavy atom. The summed E-state index contributed by atoms with van der Waals surface area (Å²) in [6.45, 7) is 4.27. The van der Waals surface area contributed by atoms with Crippen LogP contribution in [0.2, 0.25) is 0 Å². The van der Waals surface area contributed by atoms with Gasteiger partial charge in [0.1, 0.15) is 5.75 Å². The first-order chi connectivity index (χ1) is 7.67. The summed E-state index contributed by atoms with van der Waals surface area (Å²) in [6.07, 6.45) is 0. The molecule has 0 fully saturated rings. The second kappa shape index (κ2) is 4.45. The molecule has 1 aromatic heterocycles. The van der Waals surface area contributed by atoms with Gasteiger partial charge in [0.2, 0.25) is 0 Å². The Labute approximate surface area is 104 Å². The lowest BCUT2D eigenvalue weighted by atomic mass is 10.2. The van der Waals surface area contributed by atoms with Crippen LogP contribution < -0.4 is 4.74 Å². The first-order valence-corrected chi connectivity index (χ1v) is 6.40. The monoisotopic (exact) mass is 282 g/mol. The van der Waals surface area contributed by atoms with E-state index < -0.39 is 0 Å². The van der Waals surface area contributed by atoms with Gasteiger partial charge in [-0.15, -0.1) is 0 Å². The highest BCUT2D eigenvalue weighted by Gasteiger charge is 2.12. The van der Waals surface area contributed by atoms with Crippen molar-refractivity contribution in [1.29, 1.82) is 0 Å². The fourth-order valence-corrected chi connectivity index (χ4v) is 2.38. The van der Waals surface area contributed by atoms with Gasteiger partial charge in [-0.05, 0) is 26.0 Å². The summed E-state index contributed by atoms with van der Waals surface area (Å²) in [5, 5.41) is 6.60. The highest BCUT2D eigenvalue weighted by atomic mass is 79.9. The predicted octanol–water partition coefficient (Wildman–Crippen LogP) is 3.52. The van der Waals surface area contributed by atoms with Gasteiger partial charge in [0, 0.05) is 22.8 Å². The number of rotatable bonds is 3. The van der Waals surface area contributed by atoms with Crippen molar-refractivity contribution in [3.05, 3.63) is 23.9 Å². The van der Waals surface area contributed by atoms with Crippen LogP contribution in [0.3, 0.4) is 0 Å². The number of hydrogen-bond donors (Lipinski definition) is 0. The molecule has 86 valence electrons. The number of alkyl halides is 1. The Balaban J connectivity index is 2.66. The van der Waals surface area contributed by atoms with Crippen LogP contribution in [0.4, 0.5) is 0 Å². The average molecular weight is 283 g/mol. The fraction of sp³-hybridized carbons (Fsp3) is 0.417. The molecule has 0 saturated heterocycles. The second-order valence-electron chi connectivity index (χ2n) is 4.00. The predicted molar refractivity (Wildman–Crippen MR) is 69.3 cm³/mol.